The summed E-state index contributed by atoms with van der Waals surface area (Å²) in [5.74, 6) is 1.19. The zero-order chi connectivity index (χ0) is 13.8. The predicted molar refractivity (Wildman–Crippen MR) is 78.5 cm³/mol. The Balaban J connectivity index is 1.93. The number of carbonyl (C=O) groups is 1. The van der Waals surface area contributed by atoms with E-state index >= 15 is 0 Å². The first-order valence-corrected chi connectivity index (χ1v) is 8.04. The van der Waals surface area contributed by atoms with Gasteiger partial charge in [0, 0.05) is 17.3 Å². The molecule has 1 heterocycles. The first kappa shape index (κ1) is 14.5. The summed E-state index contributed by atoms with van der Waals surface area (Å²) in [6.45, 7) is 6.03. The van der Waals surface area contributed by atoms with E-state index in [1.807, 2.05) is 20.8 Å². The standard InChI is InChI=1S/C15H22N2OS/c1-10-11(2)16-15(17-12(10)3)19-9-14(18)13-7-5-4-6-8-13/h13H,4-9H2,1-3H3. The van der Waals surface area contributed by atoms with Crippen molar-refractivity contribution in [3.8, 4) is 0 Å². The number of nitrogens with zero attached hydrogens (tertiary/aromatic N) is 2. The van der Waals surface area contributed by atoms with Crippen molar-refractivity contribution < 1.29 is 4.79 Å². The minimum Gasteiger partial charge on any atom is -0.298 e. The van der Waals surface area contributed by atoms with Crippen molar-refractivity contribution in [3.63, 3.8) is 0 Å². The van der Waals surface area contributed by atoms with E-state index in [-0.39, 0.29) is 5.92 Å². The van der Waals surface area contributed by atoms with Crippen LogP contribution in [0.2, 0.25) is 0 Å². The molecular weight excluding hydrogens is 256 g/mol. The van der Waals surface area contributed by atoms with E-state index < -0.39 is 0 Å². The van der Waals surface area contributed by atoms with E-state index in [2.05, 4.69) is 9.97 Å². The second-order valence-corrected chi connectivity index (χ2v) is 6.33. The van der Waals surface area contributed by atoms with Crippen molar-refractivity contribution in [2.24, 2.45) is 5.92 Å². The number of rotatable bonds is 4. The summed E-state index contributed by atoms with van der Waals surface area (Å²) in [7, 11) is 0. The highest BCUT2D eigenvalue weighted by molar-refractivity contribution is 7.99. The van der Waals surface area contributed by atoms with E-state index in [1.165, 1.54) is 31.0 Å². The van der Waals surface area contributed by atoms with Gasteiger partial charge in [0.05, 0.1) is 5.75 Å². The van der Waals surface area contributed by atoms with Crippen molar-refractivity contribution in [3.05, 3.63) is 17.0 Å². The van der Waals surface area contributed by atoms with Crippen molar-refractivity contribution in [2.45, 2.75) is 58.0 Å². The Morgan fingerprint density at radius 2 is 1.68 bits per heavy atom. The third kappa shape index (κ3) is 3.78. The summed E-state index contributed by atoms with van der Waals surface area (Å²) >= 11 is 1.49. The monoisotopic (exact) mass is 278 g/mol. The number of aryl methyl sites for hydroxylation is 2. The Kier molecular flexibility index (Phi) is 4.97. The van der Waals surface area contributed by atoms with Gasteiger partial charge in [-0.1, -0.05) is 31.0 Å². The van der Waals surface area contributed by atoms with Gasteiger partial charge in [0.1, 0.15) is 5.78 Å². The maximum atomic E-state index is 12.1. The van der Waals surface area contributed by atoms with Crippen LogP contribution in [0.4, 0.5) is 0 Å². The number of hydrogen-bond donors (Lipinski definition) is 0. The Labute approximate surface area is 119 Å². The number of thioether (sulfide) groups is 1. The van der Waals surface area contributed by atoms with Crippen LogP contribution in [0.15, 0.2) is 5.16 Å². The molecule has 0 amide bonds. The molecule has 2 rings (SSSR count). The molecule has 0 radical (unpaired) electrons. The fourth-order valence-electron chi connectivity index (χ4n) is 2.48. The second-order valence-electron chi connectivity index (χ2n) is 5.39. The molecule has 0 saturated heterocycles. The second kappa shape index (κ2) is 6.51. The third-order valence-electron chi connectivity index (χ3n) is 4.02. The zero-order valence-corrected chi connectivity index (χ0v) is 12.8. The Hall–Kier alpha value is -0.900. The van der Waals surface area contributed by atoms with Crippen molar-refractivity contribution in [1.82, 2.24) is 9.97 Å². The van der Waals surface area contributed by atoms with Crippen LogP contribution < -0.4 is 0 Å². The van der Waals surface area contributed by atoms with Gasteiger partial charge in [0.2, 0.25) is 0 Å². The van der Waals surface area contributed by atoms with Gasteiger partial charge in [-0.25, -0.2) is 9.97 Å². The molecule has 0 bridgehead atoms. The fraction of sp³-hybridized carbons (Fsp3) is 0.667. The van der Waals surface area contributed by atoms with Gasteiger partial charge in [-0.15, -0.1) is 0 Å². The smallest absolute Gasteiger partial charge is 0.188 e. The molecule has 1 saturated carbocycles. The Morgan fingerprint density at radius 1 is 1.11 bits per heavy atom. The minimum atomic E-state index is 0.286. The quantitative estimate of drug-likeness (QED) is 0.623. The molecule has 4 heteroatoms. The van der Waals surface area contributed by atoms with E-state index in [1.54, 1.807) is 0 Å². The van der Waals surface area contributed by atoms with Crippen molar-refractivity contribution >= 4 is 17.5 Å². The fourth-order valence-corrected chi connectivity index (χ4v) is 3.39. The molecule has 19 heavy (non-hydrogen) atoms. The maximum absolute atomic E-state index is 12.1. The van der Waals surface area contributed by atoms with Crippen LogP contribution in [0.3, 0.4) is 0 Å². The molecule has 1 aromatic heterocycles. The lowest BCUT2D eigenvalue weighted by atomic mass is 9.87. The highest BCUT2D eigenvalue weighted by atomic mass is 32.2. The van der Waals surface area contributed by atoms with Crippen molar-refractivity contribution in [2.75, 3.05) is 5.75 Å². The first-order valence-electron chi connectivity index (χ1n) is 7.05. The van der Waals surface area contributed by atoms with Crippen molar-refractivity contribution in [1.29, 1.82) is 0 Å². The lowest BCUT2D eigenvalue weighted by molar-refractivity contribution is -0.121. The molecule has 0 N–H and O–H groups in total. The number of Topliss-reactive ketones (excluding diaryl/α,β-unsaturated/α-hetero) is 1. The summed E-state index contributed by atoms with van der Waals surface area (Å²) < 4.78 is 0. The van der Waals surface area contributed by atoms with E-state index in [0.29, 0.717) is 11.5 Å². The number of carbonyl (C=O) groups excluding carboxylic acids is 1. The molecule has 1 aromatic rings. The van der Waals surface area contributed by atoms with Gasteiger partial charge in [-0.3, -0.25) is 4.79 Å². The highest BCUT2D eigenvalue weighted by Gasteiger charge is 2.21. The van der Waals surface area contributed by atoms with Crippen LogP contribution in [-0.4, -0.2) is 21.5 Å². The molecule has 104 valence electrons. The topological polar surface area (TPSA) is 42.9 Å². The van der Waals surface area contributed by atoms with E-state index in [4.69, 9.17) is 0 Å². The summed E-state index contributed by atoms with van der Waals surface area (Å²) in [6, 6.07) is 0. The third-order valence-corrected chi connectivity index (χ3v) is 4.89. The molecule has 0 atom stereocenters. The Bertz CT molecular complexity index is 444. The van der Waals surface area contributed by atoms with E-state index in [0.717, 1.165) is 34.9 Å². The normalized spacial score (nSPS) is 16.6. The SMILES string of the molecule is Cc1nc(SCC(=O)C2CCCCC2)nc(C)c1C. The number of aromatic nitrogens is 2. The van der Waals surface area contributed by atoms with Crippen LogP contribution in [0.5, 0.6) is 0 Å². The van der Waals surface area contributed by atoms with Gasteiger partial charge in [-0.05, 0) is 39.2 Å². The molecule has 0 aromatic carbocycles. The molecule has 1 aliphatic carbocycles. The summed E-state index contributed by atoms with van der Waals surface area (Å²) in [6.07, 6.45) is 5.86. The summed E-state index contributed by atoms with van der Waals surface area (Å²) in [4.78, 5) is 21.0. The highest BCUT2D eigenvalue weighted by Crippen LogP contribution is 2.26. The van der Waals surface area contributed by atoms with Gasteiger partial charge in [0.15, 0.2) is 5.16 Å². The molecule has 0 spiro atoms. The van der Waals surface area contributed by atoms with Crippen LogP contribution >= 0.6 is 11.8 Å². The average molecular weight is 278 g/mol. The summed E-state index contributed by atoms with van der Waals surface area (Å²) in [5.41, 5.74) is 3.17. The molecule has 0 aliphatic heterocycles. The van der Waals surface area contributed by atoms with Gasteiger partial charge < -0.3 is 0 Å². The molecule has 1 fully saturated rings. The van der Waals surface area contributed by atoms with Gasteiger partial charge in [-0.2, -0.15) is 0 Å². The van der Waals surface area contributed by atoms with Crippen LogP contribution in [0.1, 0.15) is 49.1 Å². The largest absolute Gasteiger partial charge is 0.298 e. The Morgan fingerprint density at radius 3 is 2.26 bits per heavy atom. The molecule has 1 aliphatic rings. The number of hydrogen-bond acceptors (Lipinski definition) is 4. The summed E-state index contributed by atoms with van der Waals surface area (Å²) in [5, 5.41) is 0.741. The molecular formula is C15H22N2OS. The lowest BCUT2D eigenvalue weighted by Crippen LogP contribution is -2.19. The van der Waals surface area contributed by atoms with Gasteiger partial charge >= 0.3 is 0 Å². The van der Waals surface area contributed by atoms with E-state index in [9.17, 15) is 4.79 Å². The number of ketones is 1. The predicted octanol–water partition coefficient (Wildman–Crippen LogP) is 3.64. The zero-order valence-electron chi connectivity index (χ0n) is 12.0. The van der Waals surface area contributed by atoms with Crippen LogP contribution in [-0.2, 0) is 4.79 Å². The first-order chi connectivity index (χ1) is 9.08. The maximum Gasteiger partial charge on any atom is 0.188 e. The van der Waals surface area contributed by atoms with Crippen LogP contribution in [0.25, 0.3) is 0 Å². The molecule has 3 nitrogen and oxygen atoms in total. The van der Waals surface area contributed by atoms with Crippen LogP contribution in [0, 0.1) is 26.7 Å². The molecule has 0 unspecified atom stereocenters. The minimum absolute atomic E-state index is 0.286. The average Bonchev–Trinajstić information content (AvgIpc) is 2.43. The lowest BCUT2D eigenvalue weighted by Gasteiger charge is -2.19. The van der Waals surface area contributed by atoms with Gasteiger partial charge in [0.25, 0.3) is 0 Å².